The molecule has 1 spiro atoms. The van der Waals surface area contributed by atoms with Crippen molar-refractivity contribution in [2.45, 2.75) is 37.3 Å². The number of rotatable bonds is 3. The van der Waals surface area contributed by atoms with Gasteiger partial charge in [-0.2, -0.15) is 0 Å². The van der Waals surface area contributed by atoms with Crippen LogP contribution >= 0.6 is 0 Å². The van der Waals surface area contributed by atoms with E-state index in [1.54, 1.807) is 0 Å². The molecule has 12 heavy (non-hydrogen) atoms. The van der Waals surface area contributed by atoms with Crippen molar-refractivity contribution < 1.29 is 5.11 Å². The summed E-state index contributed by atoms with van der Waals surface area (Å²) in [6.07, 6.45) is 5.00. The van der Waals surface area contributed by atoms with Crippen LogP contribution in [0.2, 0.25) is 0 Å². The molecule has 2 rings (SSSR count). The van der Waals surface area contributed by atoms with Crippen LogP contribution in [-0.2, 0) is 0 Å². The summed E-state index contributed by atoms with van der Waals surface area (Å²) in [5.41, 5.74) is 5.89. The molecule has 2 aliphatic rings. The fraction of sp³-hybridized carbons (Fsp3) is 1.00. The highest BCUT2D eigenvalue weighted by Crippen LogP contribution is 2.49. The number of likely N-dealkylation sites (tertiary alicyclic amines) is 1. The number of aliphatic hydroxyl groups excluding tert-OH is 1. The molecule has 0 bridgehead atoms. The topological polar surface area (TPSA) is 49.5 Å². The van der Waals surface area contributed by atoms with E-state index in [9.17, 15) is 5.11 Å². The Hall–Kier alpha value is -0.120. The number of hydrogen-bond acceptors (Lipinski definition) is 3. The molecular weight excluding hydrogens is 152 g/mol. The maximum atomic E-state index is 9.41. The van der Waals surface area contributed by atoms with Gasteiger partial charge < -0.3 is 10.8 Å². The average Bonchev–Trinajstić information content (AvgIpc) is 2.73. The first-order chi connectivity index (χ1) is 5.77. The third-order valence-electron chi connectivity index (χ3n) is 3.27. The quantitative estimate of drug-likeness (QED) is 0.623. The smallest absolute Gasteiger partial charge is 0.0789 e. The Morgan fingerprint density at radius 2 is 2.17 bits per heavy atom. The number of hydrogen-bond donors (Lipinski definition) is 2. The van der Waals surface area contributed by atoms with Crippen molar-refractivity contribution in [2.24, 2.45) is 5.73 Å². The Balaban J connectivity index is 1.87. The van der Waals surface area contributed by atoms with Crippen LogP contribution in [0.1, 0.15) is 25.7 Å². The molecule has 3 N–H and O–H groups in total. The number of nitrogens with two attached hydrogens (primary N) is 1. The van der Waals surface area contributed by atoms with Crippen molar-refractivity contribution in [1.29, 1.82) is 0 Å². The molecule has 0 amide bonds. The molecule has 1 aliphatic heterocycles. The zero-order chi connectivity index (χ0) is 8.60. The molecule has 70 valence electrons. The molecule has 1 heterocycles. The molecule has 2 fully saturated rings. The van der Waals surface area contributed by atoms with Gasteiger partial charge in [0.05, 0.1) is 6.10 Å². The third kappa shape index (κ3) is 1.37. The van der Waals surface area contributed by atoms with Crippen LogP contribution in [-0.4, -0.2) is 41.3 Å². The van der Waals surface area contributed by atoms with Crippen LogP contribution < -0.4 is 5.73 Å². The van der Waals surface area contributed by atoms with E-state index in [1.165, 1.54) is 25.7 Å². The SMILES string of the molecule is NC[C@H](O)CN1CCCC12CC2. The second kappa shape index (κ2) is 2.98. The van der Waals surface area contributed by atoms with E-state index < -0.39 is 0 Å². The normalized spacial score (nSPS) is 29.5. The summed E-state index contributed by atoms with van der Waals surface area (Å²) in [7, 11) is 0. The minimum atomic E-state index is -0.319. The molecule has 0 aromatic heterocycles. The van der Waals surface area contributed by atoms with Crippen LogP contribution in [0.15, 0.2) is 0 Å². The first-order valence-electron chi connectivity index (χ1n) is 4.90. The van der Waals surface area contributed by atoms with Crippen molar-refractivity contribution in [2.75, 3.05) is 19.6 Å². The second-order valence-electron chi connectivity index (χ2n) is 4.16. The van der Waals surface area contributed by atoms with Crippen LogP contribution in [0.5, 0.6) is 0 Å². The van der Waals surface area contributed by atoms with Gasteiger partial charge >= 0.3 is 0 Å². The third-order valence-corrected chi connectivity index (χ3v) is 3.27. The van der Waals surface area contributed by atoms with Gasteiger partial charge in [0.15, 0.2) is 0 Å². The van der Waals surface area contributed by atoms with Gasteiger partial charge in [0.2, 0.25) is 0 Å². The maximum absolute atomic E-state index is 9.41. The van der Waals surface area contributed by atoms with Crippen LogP contribution in [0.3, 0.4) is 0 Å². The Morgan fingerprint density at radius 1 is 1.42 bits per heavy atom. The van der Waals surface area contributed by atoms with Gasteiger partial charge in [-0.25, -0.2) is 0 Å². The molecule has 3 nitrogen and oxygen atoms in total. The lowest BCUT2D eigenvalue weighted by Gasteiger charge is -2.25. The summed E-state index contributed by atoms with van der Waals surface area (Å²) in [6, 6.07) is 0. The summed E-state index contributed by atoms with van der Waals surface area (Å²) in [5.74, 6) is 0. The van der Waals surface area contributed by atoms with Gasteiger partial charge in [-0.3, -0.25) is 4.90 Å². The van der Waals surface area contributed by atoms with E-state index in [0.717, 1.165) is 13.1 Å². The summed E-state index contributed by atoms with van der Waals surface area (Å²) in [4.78, 5) is 2.44. The van der Waals surface area contributed by atoms with Gasteiger partial charge in [0.1, 0.15) is 0 Å². The lowest BCUT2D eigenvalue weighted by molar-refractivity contribution is 0.105. The molecule has 3 heteroatoms. The van der Waals surface area contributed by atoms with Gasteiger partial charge in [0.25, 0.3) is 0 Å². The molecule has 0 aromatic carbocycles. The summed E-state index contributed by atoms with van der Waals surface area (Å²) >= 11 is 0. The molecule has 0 unspecified atom stereocenters. The standard InChI is InChI=1S/C9H18N2O/c10-6-8(12)7-11-5-1-2-9(11)3-4-9/h8,12H,1-7,10H2/t8-/m0/s1. The Labute approximate surface area is 73.5 Å². The van der Waals surface area contributed by atoms with E-state index in [4.69, 9.17) is 5.73 Å². The molecule has 1 atom stereocenters. The zero-order valence-electron chi connectivity index (χ0n) is 7.50. The number of aliphatic hydroxyl groups is 1. The summed E-state index contributed by atoms with van der Waals surface area (Å²) in [5, 5.41) is 9.41. The maximum Gasteiger partial charge on any atom is 0.0789 e. The second-order valence-corrected chi connectivity index (χ2v) is 4.16. The van der Waals surface area contributed by atoms with Crippen LogP contribution in [0, 0.1) is 0 Å². The lowest BCUT2D eigenvalue weighted by Crippen LogP contribution is -2.40. The average molecular weight is 170 g/mol. The van der Waals surface area contributed by atoms with Crippen molar-refractivity contribution in [3.8, 4) is 0 Å². The predicted octanol–water partition coefficient (Wildman–Crippen LogP) is -0.0656. The Kier molecular flexibility index (Phi) is 2.10. The minimum absolute atomic E-state index is 0.319. The molecule has 0 radical (unpaired) electrons. The monoisotopic (exact) mass is 170 g/mol. The van der Waals surface area contributed by atoms with Crippen molar-refractivity contribution >= 4 is 0 Å². The molecule has 1 aliphatic carbocycles. The fourth-order valence-corrected chi connectivity index (χ4v) is 2.32. The van der Waals surface area contributed by atoms with E-state index in [2.05, 4.69) is 4.90 Å². The highest BCUT2D eigenvalue weighted by atomic mass is 16.3. The summed E-state index contributed by atoms with van der Waals surface area (Å²) in [6.45, 7) is 2.35. The van der Waals surface area contributed by atoms with E-state index in [1.807, 2.05) is 0 Å². The lowest BCUT2D eigenvalue weighted by atomic mass is 10.2. The van der Waals surface area contributed by atoms with E-state index in [0.29, 0.717) is 12.1 Å². The minimum Gasteiger partial charge on any atom is -0.390 e. The van der Waals surface area contributed by atoms with Crippen LogP contribution in [0.4, 0.5) is 0 Å². The first kappa shape index (κ1) is 8.48. The largest absolute Gasteiger partial charge is 0.390 e. The van der Waals surface area contributed by atoms with Crippen molar-refractivity contribution in [1.82, 2.24) is 4.90 Å². The van der Waals surface area contributed by atoms with Gasteiger partial charge in [-0.15, -0.1) is 0 Å². The number of nitrogens with zero attached hydrogens (tertiary/aromatic N) is 1. The van der Waals surface area contributed by atoms with Crippen LogP contribution in [0.25, 0.3) is 0 Å². The van der Waals surface area contributed by atoms with Gasteiger partial charge in [-0.1, -0.05) is 0 Å². The Bertz CT molecular complexity index is 168. The van der Waals surface area contributed by atoms with Gasteiger partial charge in [-0.05, 0) is 32.2 Å². The molecule has 1 saturated heterocycles. The predicted molar refractivity (Wildman–Crippen MR) is 47.8 cm³/mol. The molecule has 1 saturated carbocycles. The highest BCUT2D eigenvalue weighted by Gasteiger charge is 2.50. The fourth-order valence-electron chi connectivity index (χ4n) is 2.32. The van der Waals surface area contributed by atoms with E-state index >= 15 is 0 Å². The van der Waals surface area contributed by atoms with Crippen molar-refractivity contribution in [3.63, 3.8) is 0 Å². The first-order valence-corrected chi connectivity index (χ1v) is 4.90. The van der Waals surface area contributed by atoms with E-state index in [-0.39, 0.29) is 6.10 Å². The summed E-state index contributed by atoms with van der Waals surface area (Å²) < 4.78 is 0. The molecule has 0 aromatic rings. The molecular formula is C9H18N2O. The zero-order valence-corrected chi connectivity index (χ0v) is 7.50. The highest BCUT2D eigenvalue weighted by molar-refractivity contribution is 5.07. The Morgan fingerprint density at radius 3 is 2.75 bits per heavy atom. The van der Waals surface area contributed by atoms with Gasteiger partial charge in [0, 0.05) is 18.6 Å². The number of β-amino-alcohol motifs (C(OH)–C–C–N with tert-alkyl or cyclic N) is 1. The van der Waals surface area contributed by atoms with Crippen molar-refractivity contribution in [3.05, 3.63) is 0 Å².